The fourth-order valence-electron chi connectivity index (χ4n) is 1.54. The van der Waals surface area contributed by atoms with Crippen LogP contribution in [0.15, 0.2) is 0 Å². The molecule has 6 nitrogen and oxygen atoms in total. The van der Waals surface area contributed by atoms with Crippen LogP contribution in [0.2, 0.25) is 0 Å². The van der Waals surface area contributed by atoms with Crippen LogP contribution in [0.3, 0.4) is 0 Å². The minimum absolute atomic E-state index is 0.0237. The Morgan fingerprint density at radius 2 is 2.06 bits per heavy atom. The summed E-state index contributed by atoms with van der Waals surface area (Å²) in [5, 5.41) is 2.94. The highest BCUT2D eigenvalue weighted by Crippen LogP contribution is 2.02. The standard InChI is InChI=1S/C12H24N2O4/c1-5-18-11(15)9-14(6-7-17-4)12(16)10(2)8-13-3/h10,13H,5-9H2,1-4H3. The van der Waals surface area contributed by atoms with Crippen molar-refractivity contribution >= 4 is 11.9 Å². The van der Waals surface area contributed by atoms with Crippen LogP contribution in [-0.2, 0) is 19.1 Å². The minimum atomic E-state index is -0.390. The molecule has 0 aliphatic heterocycles. The van der Waals surface area contributed by atoms with Gasteiger partial charge in [0.25, 0.3) is 0 Å². The summed E-state index contributed by atoms with van der Waals surface area (Å²) in [6.07, 6.45) is 0. The Bertz CT molecular complexity index is 258. The summed E-state index contributed by atoms with van der Waals surface area (Å²) in [6.45, 7) is 5.22. The number of carbonyl (C=O) groups excluding carboxylic acids is 2. The van der Waals surface area contributed by atoms with Gasteiger partial charge in [-0.1, -0.05) is 6.92 Å². The normalized spacial score (nSPS) is 12.0. The molecule has 0 saturated carbocycles. The molecular formula is C12H24N2O4. The van der Waals surface area contributed by atoms with Crippen LogP contribution in [-0.4, -0.2) is 63.8 Å². The average Bonchev–Trinajstić information content (AvgIpc) is 2.34. The lowest BCUT2D eigenvalue weighted by atomic mass is 10.1. The van der Waals surface area contributed by atoms with Gasteiger partial charge in [-0.15, -0.1) is 0 Å². The van der Waals surface area contributed by atoms with Crippen molar-refractivity contribution in [2.24, 2.45) is 5.92 Å². The first-order valence-corrected chi connectivity index (χ1v) is 6.14. The van der Waals surface area contributed by atoms with E-state index in [1.165, 1.54) is 4.90 Å². The smallest absolute Gasteiger partial charge is 0.325 e. The van der Waals surface area contributed by atoms with Gasteiger partial charge in [-0.3, -0.25) is 9.59 Å². The first kappa shape index (κ1) is 16.9. The fraction of sp³-hybridized carbons (Fsp3) is 0.833. The molecule has 0 radical (unpaired) electrons. The third-order valence-corrected chi connectivity index (χ3v) is 2.43. The van der Waals surface area contributed by atoms with E-state index in [9.17, 15) is 9.59 Å². The van der Waals surface area contributed by atoms with Crippen molar-refractivity contribution in [3.05, 3.63) is 0 Å². The van der Waals surface area contributed by atoms with Gasteiger partial charge in [0, 0.05) is 26.1 Å². The number of ether oxygens (including phenoxy) is 2. The molecule has 0 heterocycles. The van der Waals surface area contributed by atoms with E-state index in [4.69, 9.17) is 9.47 Å². The van der Waals surface area contributed by atoms with Crippen molar-refractivity contribution in [2.45, 2.75) is 13.8 Å². The second-order valence-corrected chi connectivity index (χ2v) is 4.02. The largest absolute Gasteiger partial charge is 0.465 e. The zero-order chi connectivity index (χ0) is 14.0. The number of hydrogen-bond acceptors (Lipinski definition) is 5. The van der Waals surface area contributed by atoms with Crippen molar-refractivity contribution in [3.63, 3.8) is 0 Å². The highest BCUT2D eigenvalue weighted by molar-refractivity contribution is 5.83. The van der Waals surface area contributed by atoms with E-state index in [0.717, 1.165) is 0 Å². The second kappa shape index (κ2) is 9.85. The Morgan fingerprint density at radius 3 is 2.56 bits per heavy atom. The highest BCUT2D eigenvalue weighted by Gasteiger charge is 2.22. The molecule has 1 N–H and O–H groups in total. The molecule has 0 aliphatic carbocycles. The summed E-state index contributed by atoms with van der Waals surface area (Å²) in [6, 6.07) is 0. The zero-order valence-electron chi connectivity index (χ0n) is 11.7. The van der Waals surface area contributed by atoms with Gasteiger partial charge < -0.3 is 19.7 Å². The molecule has 0 aromatic carbocycles. The quantitative estimate of drug-likeness (QED) is 0.585. The summed E-state index contributed by atoms with van der Waals surface area (Å²) in [5.74, 6) is -0.644. The average molecular weight is 260 g/mol. The maximum atomic E-state index is 12.1. The van der Waals surface area contributed by atoms with Gasteiger partial charge >= 0.3 is 5.97 Å². The molecule has 6 heteroatoms. The molecule has 1 unspecified atom stereocenters. The Balaban J connectivity index is 4.45. The van der Waals surface area contributed by atoms with E-state index in [0.29, 0.717) is 26.3 Å². The molecule has 0 rings (SSSR count). The number of methoxy groups -OCH3 is 1. The van der Waals surface area contributed by atoms with Crippen molar-refractivity contribution < 1.29 is 19.1 Å². The topological polar surface area (TPSA) is 67.9 Å². The Kier molecular flexibility index (Phi) is 9.22. The summed E-state index contributed by atoms with van der Waals surface area (Å²) >= 11 is 0. The van der Waals surface area contributed by atoms with Crippen LogP contribution in [0, 0.1) is 5.92 Å². The van der Waals surface area contributed by atoms with Crippen LogP contribution in [0.1, 0.15) is 13.8 Å². The van der Waals surface area contributed by atoms with E-state index >= 15 is 0 Å². The predicted molar refractivity (Wildman–Crippen MR) is 68.2 cm³/mol. The van der Waals surface area contributed by atoms with E-state index in [1.807, 2.05) is 6.92 Å². The van der Waals surface area contributed by atoms with E-state index < -0.39 is 5.97 Å². The molecule has 18 heavy (non-hydrogen) atoms. The molecule has 0 aromatic heterocycles. The number of amides is 1. The summed E-state index contributed by atoms with van der Waals surface area (Å²) in [4.78, 5) is 25.0. The predicted octanol–water partition coefficient (Wildman–Crippen LogP) is -0.120. The number of esters is 1. The molecule has 0 saturated heterocycles. The van der Waals surface area contributed by atoms with Gasteiger partial charge in [0.05, 0.1) is 13.2 Å². The minimum Gasteiger partial charge on any atom is -0.465 e. The lowest BCUT2D eigenvalue weighted by Gasteiger charge is -2.24. The van der Waals surface area contributed by atoms with Crippen molar-refractivity contribution in [1.29, 1.82) is 0 Å². The highest BCUT2D eigenvalue weighted by atomic mass is 16.5. The van der Waals surface area contributed by atoms with Crippen molar-refractivity contribution in [3.8, 4) is 0 Å². The van der Waals surface area contributed by atoms with Crippen LogP contribution in [0.25, 0.3) is 0 Å². The van der Waals surface area contributed by atoms with Gasteiger partial charge in [-0.2, -0.15) is 0 Å². The number of rotatable bonds is 9. The molecule has 1 amide bonds. The monoisotopic (exact) mass is 260 g/mol. The maximum absolute atomic E-state index is 12.1. The number of hydrogen-bond donors (Lipinski definition) is 1. The summed E-state index contributed by atoms with van der Waals surface area (Å²) in [5.41, 5.74) is 0. The van der Waals surface area contributed by atoms with Crippen LogP contribution >= 0.6 is 0 Å². The third-order valence-electron chi connectivity index (χ3n) is 2.43. The van der Waals surface area contributed by atoms with E-state index in [2.05, 4.69) is 5.32 Å². The number of nitrogens with zero attached hydrogens (tertiary/aromatic N) is 1. The first-order chi connectivity index (χ1) is 8.56. The van der Waals surface area contributed by atoms with Gasteiger partial charge in [-0.25, -0.2) is 0 Å². The van der Waals surface area contributed by atoms with E-state index in [1.54, 1.807) is 21.1 Å². The number of nitrogens with one attached hydrogen (secondary N) is 1. The summed E-state index contributed by atoms with van der Waals surface area (Å²) < 4.78 is 9.80. The fourth-order valence-corrected chi connectivity index (χ4v) is 1.54. The maximum Gasteiger partial charge on any atom is 0.325 e. The second-order valence-electron chi connectivity index (χ2n) is 4.02. The van der Waals surface area contributed by atoms with Gasteiger partial charge in [0.2, 0.25) is 5.91 Å². The third kappa shape index (κ3) is 6.56. The van der Waals surface area contributed by atoms with Gasteiger partial charge in [0.1, 0.15) is 6.54 Å². The Hall–Kier alpha value is -1.14. The van der Waals surface area contributed by atoms with Gasteiger partial charge in [0.15, 0.2) is 0 Å². The van der Waals surface area contributed by atoms with Crippen molar-refractivity contribution in [1.82, 2.24) is 10.2 Å². The van der Waals surface area contributed by atoms with Gasteiger partial charge in [-0.05, 0) is 14.0 Å². The number of carbonyl (C=O) groups is 2. The molecule has 0 aromatic rings. The molecule has 0 fully saturated rings. The Morgan fingerprint density at radius 1 is 1.39 bits per heavy atom. The van der Waals surface area contributed by atoms with Crippen LogP contribution in [0.4, 0.5) is 0 Å². The summed E-state index contributed by atoms with van der Waals surface area (Å²) in [7, 11) is 3.35. The van der Waals surface area contributed by atoms with E-state index in [-0.39, 0.29) is 18.4 Å². The van der Waals surface area contributed by atoms with Crippen LogP contribution in [0.5, 0.6) is 0 Å². The van der Waals surface area contributed by atoms with Crippen molar-refractivity contribution in [2.75, 3.05) is 47.0 Å². The lowest BCUT2D eigenvalue weighted by molar-refractivity contribution is -0.150. The Labute approximate surface area is 109 Å². The lowest BCUT2D eigenvalue weighted by Crippen LogP contribution is -2.43. The molecular weight excluding hydrogens is 236 g/mol. The zero-order valence-corrected chi connectivity index (χ0v) is 11.7. The molecule has 1 atom stereocenters. The first-order valence-electron chi connectivity index (χ1n) is 6.14. The molecule has 0 aliphatic rings. The molecule has 0 bridgehead atoms. The van der Waals surface area contributed by atoms with Crippen LogP contribution < -0.4 is 5.32 Å². The molecule has 106 valence electrons. The molecule has 0 spiro atoms. The SMILES string of the molecule is CCOC(=O)CN(CCOC)C(=O)C(C)CNC.